The molecule has 0 fully saturated rings. The Hall–Kier alpha value is -2.95. The minimum Gasteiger partial charge on any atom is -0.481 e. The Labute approximate surface area is 169 Å². The molecular weight excluding hydrogens is 404 g/mol. The molecule has 0 aliphatic carbocycles. The van der Waals surface area contributed by atoms with Crippen LogP contribution in [0.3, 0.4) is 0 Å². The van der Waals surface area contributed by atoms with Gasteiger partial charge in [-0.1, -0.05) is 38.3 Å². The topological polar surface area (TPSA) is 167 Å². The first kappa shape index (κ1) is 26.1. The van der Waals surface area contributed by atoms with Crippen molar-refractivity contribution in [2.45, 2.75) is 38.3 Å². The highest BCUT2D eigenvalue weighted by atomic mass is 32.2. The van der Waals surface area contributed by atoms with Crippen LogP contribution >= 0.6 is 0 Å². The standard InChI is InChI=1S/C18H26N2O8S/c1-4-6-8-12(3)16(18(25)26)20-17(24)13(11-29(27,28)5-2)19-14(21)9-7-10-15(22)23/h4,6,8,13,16H,1,3,5,7,9-11H2,2H3,(H,19,21)(H,20,24)(H,22,23)(H,25,26)/b8-6-/t13?,16-/m1/s1. The lowest BCUT2D eigenvalue weighted by molar-refractivity contribution is -0.140. The van der Waals surface area contributed by atoms with Crippen LogP contribution in [0.4, 0.5) is 0 Å². The molecule has 0 aromatic carbocycles. The zero-order chi connectivity index (χ0) is 22.6. The van der Waals surface area contributed by atoms with E-state index in [0.29, 0.717) is 0 Å². The third-order valence-electron chi connectivity index (χ3n) is 3.66. The van der Waals surface area contributed by atoms with Crippen LogP contribution < -0.4 is 10.6 Å². The van der Waals surface area contributed by atoms with Crippen molar-refractivity contribution in [3.8, 4) is 0 Å². The first-order valence-electron chi connectivity index (χ1n) is 8.66. The molecule has 0 radical (unpaired) electrons. The lowest BCUT2D eigenvalue weighted by Crippen LogP contribution is -2.54. The van der Waals surface area contributed by atoms with Crippen molar-refractivity contribution in [3.05, 3.63) is 37.0 Å². The van der Waals surface area contributed by atoms with E-state index in [0.717, 1.165) is 0 Å². The number of allylic oxidation sites excluding steroid dienone is 2. The van der Waals surface area contributed by atoms with Gasteiger partial charge in [-0.05, 0) is 12.0 Å². The van der Waals surface area contributed by atoms with Crippen LogP contribution in [0, 0.1) is 0 Å². The summed E-state index contributed by atoms with van der Waals surface area (Å²) in [5, 5.41) is 22.3. The number of carboxylic acid groups (broad SMARTS) is 2. The van der Waals surface area contributed by atoms with Gasteiger partial charge in [-0.15, -0.1) is 0 Å². The average Bonchev–Trinajstić information content (AvgIpc) is 2.62. The molecule has 29 heavy (non-hydrogen) atoms. The molecule has 0 heterocycles. The van der Waals surface area contributed by atoms with E-state index in [9.17, 15) is 32.7 Å². The molecule has 0 saturated heterocycles. The summed E-state index contributed by atoms with van der Waals surface area (Å²) >= 11 is 0. The van der Waals surface area contributed by atoms with Gasteiger partial charge in [0.25, 0.3) is 0 Å². The number of carbonyl (C=O) groups is 4. The van der Waals surface area contributed by atoms with Crippen molar-refractivity contribution in [2.75, 3.05) is 11.5 Å². The van der Waals surface area contributed by atoms with Crippen molar-refractivity contribution in [1.29, 1.82) is 0 Å². The van der Waals surface area contributed by atoms with Crippen LogP contribution in [-0.4, -0.2) is 66.0 Å². The highest BCUT2D eigenvalue weighted by Crippen LogP contribution is 2.05. The van der Waals surface area contributed by atoms with Crippen LogP contribution in [0.5, 0.6) is 0 Å². The number of amides is 2. The number of carbonyl (C=O) groups excluding carboxylic acids is 2. The number of sulfone groups is 1. The van der Waals surface area contributed by atoms with Gasteiger partial charge in [-0.3, -0.25) is 14.4 Å². The second-order valence-corrected chi connectivity index (χ2v) is 8.41. The SMILES string of the molecule is C=C/C=C\C(=C)[C@@H](NC(=O)C(CS(=O)(=O)CC)NC(=O)CCCC(=O)O)C(=O)O. The first-order chi connectivity index (χ1) is 13.4. The van der Waals surface area contributed by atoms with E-state index in [1.165, 1.54) is 25.2 Å². The van der Waals surface area contributed by atoms with Crippen molar-refractivity contribution in [1.82, 2.24) is 10.6 Å². The molecule has 2 atom stereocenters. The molecule has 0 aromatic heterocycles. The Kier molecular flexibility index (Phi) is 11.2. The number of aliphatic carboxylic acids is 2. The Bertz CT molecular complexity index is 786. The molecule has 0 aliphatic heterocycles. The summed E-state index contributed by atoms with van der Waals surface area (Å²) in [7, 11) is -3.70. The molecule has 0 spiro atoms. The monoisotopic (exact) mass is 430 g/mol. The maximum absolute atomic E-state index is 12.5. The summed E-state index contributed by atoms with van der Waals surface area (Å²) in [6.07, 6.45) is 3.59. The van der Waals surface area contributed by atoms with E-state index in [2.05, 4.69) is 23.8 Å². The molecule has 11 heteroatoms. The average molecular weight is 430 g/mol. The molecule has 1 unspecified atom stereocenters. The fourth-order valence-electron chi connectivity index (χ4n) is 2.07. The van der Waals surface area contributed by atoms with Gasteiger partial charge < -0.3 is 20.8 Å². The van der Waals surface area contributed by atoms with E-state index >= 15 is 0 Å². The van der Waals surface area contributed by atoms with Crippen LogP contribution in [-0.2, 0) is 29.0 Å². The molecular formula is C18H26N2O8S. The van der Waals surface area contributed by atoms with E-state index in [1.807, 2.05) is 0 Å². The maximum Gasteiger partial charge on any atom is 0.330 e. The van der Waals surface area contributed by atoms with Gasteiger partial charge in [0, 0.05) is 18.6 Å². The van der Waals surface area contributed by atoms with E-state index in [-0.39, 0.29) is 30.6 Å². The van der Waals surface area contributed by atoms with Crippen molar-refractivity contribution >= 4 is 33.6 Å². The number of rotatable bonds is 14. The fourth-order valence-corrected chi connectivity index (χ4v) is 3.04. The van der Waals surface area contributed by atoms with Gasteiger partial charge in [0.15, 0.2) is 15.9 Å². The second-order valence-electron chi connectivity index (χ2n) is 6.02. The predicted octanol–water partition coefficient (Wildman–Crippen LogP) is 0.0286. The van der Waals surface area contributed by atoms with Gasteiger partial charge in [-0.2, -0.15) is 0 Å². The number of carboxylic acids is 2. The molecule has 4 N–H and O–H groups in total. The molecule has 0 bridgehead atoms. The minimum atomic E-state index is -3.70. The third kappa shape index (κ3) is 10.8. The molecule has 10 nitrogen and oxygen atoms in total. The zero-order valence-corrected chi connectivity index (χ0v) is 16.9. The third-order valence-corrected chi connectivity index (χ3v) is 5.38. The summed E-state index contributed by atoms with van der Waals surface area (Å²) in [4.78, 5) is 46.4. The normalized spacial score (nSPS) is 13.3. The quantitative estimate of drug-likeness (QED) is 0.280. The minimum absolute atomic E-state index is 0.00304. The molecule has 0 aliphatic rings. The first-order valence-corrected chi connectivity index (χ1v) is 10.5. The van der Waals surface area contributed by atoms with E-state index in [1.54, 1.807) is 0 Å². The molecule has 2 amide bonds. The predicted molar refractivity (Wildman–Crippen MR) is 106 cm³/mol. The van der Waals surface area contributed by atoms with Crippen LogP contribution in [0.15, 0.2) is 37.0 Å². The molecule has 0 rings (SSSR count). The maximum atomic E-state index is 12.5. The summed E-state index contributed by atoms with van der Waals surface area (Å²) < 4.78 is 23.9. The Morgan fingerprint density at radius 3 is 2.21 bits per heavy atom. The number of hydrogen-bond donors (Lipinski definition) is 4. The lowest BCUT2D eigenvalue weighted by atomic mass is 10.1. The van der Waals surface area contributed by atoms with Crippen LogP contribution in [0.2, 0.25) is 0 Å². The Morgan fingerprint density at radius 1 is 1.10 bits per heavy atom. The highest BCUT2D eigenvalue weighted by molar-refractivity contribution is 7.91. The Balaban J connectivity index is 5.39. The van der Waals surface area contributed by atoms with Gasteiger partial charge in [-0.25, -0.2) is 13.2 Å². The lowest BCUT2D eigenvalue weighted by Gasteiger charge is -2.21. The van der Waals surface area contributed by atoms with Crippen molar-refractivity contribution in [2.24, 2.45) is 0 Å². The van der Waals surface area contributed by atoms with Crippen LogP contribution in [0.1, 0.15) is 26.2 Å². The summed E-state index contributed by atoms with van der Waals surface area (Å²) in [6.45, 7) is 8.34. The van der Waals surface area contributed by atoms with E-state index < -0.39 is 51.4 Å². The van der Waals surface area contributed by atoms with Crippen molar-refractivity contribution in [3.63, 3.8) is 0 Å². The largest absolute Gasteiger partial charge is 0.481 e. The molecule has 0 aromatic rings. The molecule has 162 valence electrons. The second kappa shape index (κ2) is 12.5. The van der Waals surface area contributed by atoms with Crippen LogP contribution in [0.25, 0.3) is 0 Å². The van der Waals surface area contributed by atoms with Gasteiger partial charge in [0.05, 0.1) is 5.75 Å². The summed E-state index contributed by atoms with van der Waals surface area (Å²) in [5.41, 5.74) is 0.00985. The smallest absolute Gasteiger partial charge is 0.330 e. The zero-order valence-electron chi connectivity index (χ0n) is 16.1. The number of hydrogen-bond acceptors (Lipinski definition) is 6. The summed E-state index contributed by atoms with van der Waals surface area (Å²) in [6, 6.07) is -3.09. The highest BCUT2D eigenvalue weighted by Gasteiger charge is 2.30. The molecule has 0 saturated carbocycles. The summed E-state index contributed by atoms with van der Waals surface area (Å²) in [5.74, 6) is -5.30. The van der Waals surface area contributed by atoms with Gasteiger partial charge in [0.2, 0.25) is 11.8 Å². The van der Waals surface area contributed by atoms with Crippen molar-refractivity contribution < 1.29 is 37.8 Å². The van der Waals surface area contributed by atoms with Gasteiger partial charge in [0.1, 0.15) is 6.04 Å². The Morgan fingerprint density at radius 2 is 1.72 bits per heavy atom. The number of nitrogens with one attached hydrogen (secondary N) is 2. The van der Waals surface area contributed by atoms with E-state index in [4.69, 9.17) is 5.11 Å². The van der Waals surface area contributed by atoms with Gasteiger partial charge >= 0.3 is 11.9 Å². The fraction of sp³-hybridized carbons (Fsp3) is 0.444.